The molecule has 12 heteroatoms. The molecule has 1 unspecified atom stereocenters. The van der Waals surface area contributed by atoms with Crippen LogP contribution in [0.3, 0.4) is 0 Å². The molecule has 1 atom stereocenters. The van der Waals surface area contributed by atoms with Crippen LogP contribution in [0.1, 0.15) is 57.6 Å². The quantitative estimate of drug-likeness (QED) is 0.0627. The van der Waals surface area contributed by atoms with Crippen molar-refractivity contribution in [2.45, 2.75) is 104 Å². The molecule has 9 nitrogen and oxygen atoms in total. The zero-order chi connectivity index (χ0) is 28.4. The largest absolute Gasteiger partial charge is 0.493 e. The van der Waals surface area contributed by atoms with Crippen LogP contribution in [0.2, 0.25) is 51.9 Å². The molecule has 1 rings (SSSR count). The van der Waals surface area contributed by atoms with Crippen molar-refractivity contribution in [3.8, 4) is 11.5 Å². The number of hydrogen-bond acceptors (Lipinski definition) is 8. The van der Waals surface area contributed by atoms with E-state index >= 15 is 0 Å². The zero-order valence-electron chi connectivity index (χ0n) is 24.4. The van der Waals surface area contributed by atoms with E-state index in [-0.39, 0.29) is 29.4 Å². The van der Waals surface area contributed by atoms with E-state index in [2.05, 4.69) is 52.8 Å². The second-order valence-electron chi connectivity index (χ2n) is 11.3. The van der Waals surface area contributed by atoms with Crippen LogP contribution in [0.5, 0.6) is 11.5 Å². The fourth-order valence-electron chi connectivity index (χ4n) is 4.31. The molecule has 1 aromatic carbocycles. The number of benzene rings is 1. The molecule has 212 valence electrons. The molecule has 0 aliphatic rings. The van der Waals surface area contributed by atoms with Crippen molar-refractivity contribution in [3.05, 3.63) is 27.8 Å². The van der Waals surface area contributed by atoms with Crippen LogP contribution in [-0.2, 0) is 17.8 Å². The lowest BCUT2D eigenvalue weighted by atomic mass is 10.1. The molecule has 0 radical (unpaired) electrons. The average Bonchev–Trinajstić information content (AvgIpc) is 2.73. The van der Waals surface area contributed by atoms with E-state index in [1.165, 1.54) is 19.2 Å². The minimum Gasteiger partial charge on any atom is -0.493 e. The summed E-state index contributed by atoms with van der Waals surface area (Å²) in [5.41, 5.74) is 0.105. The van der Waals surface area contributed by atoms with Gasteiger partial charge in [-0.05, 0) is 77.7 Å². The van der Waals surface area contributed by atoms with E-state index in [1.807, 2.05) is 0 Å². The summed E-state index contributed by atoms with van der Waals surface area (Å²) in [6.07, 6.45) is 2.90. The summed E-state index contributed by atoms with van der Waals surface area (Å²) in [4.78, 5) is 23.5. The first-order chi connectivity index (χ1) is 17.0. The van der Waals surface area contributed by atoms with Gasteiger partial charge in [-0.2, -0.15) is 0 Å². The van der Waals surface area contributed by atoms with Crippen molar-refractivity contribution in [1.29, 1.82) is 0 Å². The molecular weight excluding hydrogens is 527 g/mol. The predicted octanol–water partition coefficient (Wildman–Crippen LogP) is 7.33. The third-order valence-corrected chi connectivity index (χ3v) is 15.6. The summed E-state index contributed by atoms with van der Waals surface area (Å²) < 4.78 is 29.7. The molecule has 0 saturated carbocycles. The number of esters is 1. The number of carbonyl (C=O) groups is 1. The molecule has 0 spiro atoms. The molecule has 0 aliphatic heterocycles. The number of rotatable bonds is 17. The van der Waals surface area contributed by atoms with Gasteiger partial charge < -0.3 is 22.4 Å². The highest BCUT2D eigenvalue weighted by molar-refractivity contribution is 6.87. The van der Waals surface area contributed by atoms with E-state index in [1.54, 1.807) is 6.92 Å². The SMILES string of the molecule is CCCCCC(=O)OC(C)c1cc(OC)c(OCCC[Si](C)(C)O[Si](C)(C)O[Si](C)(C)C)cc1[N+](=O)[O-]. The van der Waals surface area contributed by atoms with Gasteiger partial charge in [0, 0.05) is 6.42 Å². The van der Waals surface area contributed by atoms with Crippen molar-refractivity contribution >= 4 is 36.9 Å². The number of hydrogen-bond donors (Lipinski definition) is 0. The number of carbonyl (C=O) groups excluding carboxylic acids is 1. The highest BCUT2D eigenvalue weighted by Crippen LogP contribution is 2.39. The van der Waals surface area contributed by atoms with Crippen molar-refractivity contribution in [1.82, 2.24) is 0 Å². The predicted molar refractivity (Wildman–Crippen MR) is 154 cm³/mol. The highest BCUT2D eigenvalue weighted by atomic mass is 28.5. The van der Waals surface area contributed by atoms with Gasteiger partial charge in [-0.15, -0.1) is 0 Å². The summed E-state index contributed by atoms with van der Waals surface area (Å²) in [6.45, 7) is 19.1. The lowest BCUT2D eigenvalue weighted by Crippen LogP contribution is -2.51. The highest BCUT2D eigenvalue weighted by Gasteiger charge is 2.37. The molecule has 1 aromatic rings. The molecule has 37 heavy (non-hydrogen) atoms. The Hall–Kier alpha value is -1.74. The first-order valence-corrected chi connectivity index (χ1v) is 22.4. The Balaban J connectivity index is 2.87. The molecule has 0 aromatic heterocycles. The minimum absolute atomic E-state index is 0.168. The van der Waals surface area contributed by atoms with Gasteiger partial charge in [0.2, 0.25) is 0 Å². The molecule has 0 amide bonds. The fraction of sp³-hybridized carbons (Fsp3) is 0.720. The van der Waals surface area contributed by atoms with Crippen LogP contribution in [0.15, 0.2) is 12.1 Å². The third-order valence-electron chi connectivity index (χ3n) is 5.50. The van der Waals surface area contributed by atoms with Crippen molar-refractivity contribution < 1.29 is 32.2 Å². The van der Waals surface area contributed by atoms with Gasteiger partial charge in [-0.1, -0.05) is 19.8 Å². The second kappa shape index (κ2) is 14.4. The van der Waals surface area contributed by atoms with Crippen LogP contribution < -0.4 is 9.47 Å². The van der Waals surface area contributed by atoms with Crippen molar-refractivity contribution in [2.75, 3.05) is 13.7 Å². The summed E-state index contributed by atoms with van der Waals surface area (Å²) in [5, 5.41) is 11.8. The molecule has 0 bridgehead atoms. The number of methoxy groups -OCH3 is 1. The first kappa shape index (κ1) is 33.3. The van der Waals surface area contributed by atoms with E-state index in [4.69, 9.17) is 22.4 Å². The maximum absolute atomic E-state index is 12.2. The number of nitro groups is 1. The number of ether oxygens (including phenoxy) is 3. The molecule has 0 fully saturated rings. The summed E-state index contributed by atoms with van der Waals surface area (Å²) >= 11 is 0. The number of unbranched alkanes of at least 4 members (excludes halogenated alkanes) is 2. The Bertz CT molecular complexity index is 903. The lowest BCUT2D eigenvalue weighted by Gasteiger charge is -2.37. The standard InChI is InChI=1S/C25H47NO8Si3/c1-11-12-13-15-25(27)32-20(2)21-18-23(30-3)24(19-22(21)26(28)29)31-16-14-17-36(7,8)34-37(9,10)33-35(4,5)6/h18-20H,11-17H2,1-10H3. The Morgan fingerprint density at radius 3 is 2.19 bits per heavy atom. The number of nitrogens with zero attached hydrogens (tertiary/aromatic N) is 1. The van der Waals surface area contributed by atoms with Crippen molar-refractivity contribution in [2.24, 2.45) is 0 Å². The topological polar surface area (TPSA) is 106 Å². The van der Waals surface area contributed by atoms with Gasteiger partial charge in [0.05, 0.1) is 30.3 Å². The van der Waals surface area contributed by atoms with Gasteiger partial charge in [0.25, 0.3) is 5.69 Å². The van der Waals surface area contributed by atoms with Crippen LogP contribution in [0.25, 0.3) is 0 Å². The van der Waals surface area contributed by atoms with Crippen LogP contribution in [0.4, 0.5) is 5.69 Å². The van der Waals surface area contributed by atoms with Crippen LogP contribution in [-0.4, -0.2) is 49.8 Å². The van der Waals surface area contributed by atoms with Crippen LogP contribution >= 0.6 is 0 Å². The molecular formula is C25H47NO8Si3. The second-order valence-corrected chi connectivity index (χ2v) is 24.0. The maximum atomic E-state index is 12.2. The Morgan fingerprint density at radius 2 is 1.65 bits per heavy atom. The van der Waals surface area contributed by atoms with E-state index in [0.29, 0.717) is 12.4 Å². The Labute approximate surface area is 225 Å². The monoisotopic (exact) mass is 573 g/mol. The Kier molecular flexibility index (Phi) is 13.0. The molecule has 0 aliphatic carbocycles. The third kappa shape index (κ3) is 12.6. The average molecular weight is 574 g/mol. The maximum Gasteiger partial charge on any atom is 0.311 e. The van der Waals surface area contributed by atoms with E-state index in [0.717, 1.165) is 31.7 Å². The fourth-order valence-corrected chi connectivity index (χ4v) is 17.5. The van der Waals surface area contributed by atoms with Crippen molar-refractivity contribution in [3.63, 3.8) is 0 Å². The first-order valence-electron chi connectivity index (χ1n) is 13.1. The van der Waals surface area contributed by atoms with E-state index < -0.39 is 36.2 Å². The van der Waals surface area contributed by atoms with Gasteiger partial charge in [0.15, 0.2) is 28.1 Å². The lowest BCUT2D eigenvalue weighted by molar-refractivity contribution is -0.386. The molecule has 0 saturated heterocycles. The Morgan fingerprint density at radius 1 is 1.00 bits per heavy atom. The summed E-state index contributed by atoms with van der Waals surface area (Å²) in [6, 6.07) is 3.75. The van der Waals surface area contributed by atoms with Gasteiger partial charge in [0.1, 0.15) is 6.10 Å². The van der Waals surface area contributed by atoms with Gasteiger partial charge in [-0.3, -0.25) is 14.9 Å². The molecule has 0 heterocycles. The normalized spacial score (nSPS) is 13.2. The van der Waals surface area contributed by atoms with E-state index in [9.17, 15) is 14.9 Å². The minimum atomic E-state index is -2.22. The zero-order valence-corrected chi connectivity index (χ0v) is 27.4. The summed E-state index contributed by atoms with van der Waals surface area (Å²) in [5.74, 6) is 0.279. The van der Waals surface area contributed by atoms with Crippen LogP contribution in [0, 0.1) is 10.1 Å². The van der Waals surface area contributed by atoms with Gasteiger partial charge in [-0.25, -0.2) is 0 Å². The smallest absolute Gasteiger partial charge is 0.311 e. The number of nitro benzene ring substituents is 1. The summed E-state index contributed by atoms with van der Waals surface area (Å²) in [7, 11) is -4.42. The van der Waals surface area contributed by atoms with Gasteiger partial charge >= 0.3 is 14.5 Å². The molecule has 0 N–H and O–H groups in total.